The summed E-state index contributed by atoms with van der Waals surface area (Å²) in [6.45, 7) is 13.7. The van der Waals surface area contributed by atoms with E-state index in [1.54, 1.807) is 6.92 Å². The van der Waals surface area contributed by atoms with Crippen LogP contribution in [0.4, 0.5) is 0 Å². The molecule has 9 nitrogen and oxygen atoms in total. The summed E-state index contributed by atoms with van der Waals surface area (Å²) >= 11 is 0. The van der Waals surface area contributed by atoms with Crippen LogP contribution in [0.1, 0.15) is 60.8 Å². The molecule has 3 aliphatic carbocycles. The Bertz CT molecular complexity index is 1000. The van der Waals surface area contributed by atoms with Crippen LogP contribution in [0.5, 0.6) is 0 Å². The molecule has 194 valence electrons. The van der Waals surface area contributed by atoms with Crippen LogP contribution in [-0.2, 0) is 33.3 Å². The first-order chi connectivity index (χ1) is 16.2. The zero-order chi connectivity index (χ0) is 26.1. The van der Waals surface area contributed by atoms with E-state index in [-0.39, 0.29) is 13.0 Å². The van der Waals surface area contributed by atoms with Crippen LogP contribution in [0.3, 0.4) is 0 Å². The summed E-state index contributed by atoms with van der Waals surface area (Å²) in [5, 5.41) is 22.4. The number of ether oxygens (including phenoxy) is 4. The zero-order valence-electron chi connectivity index (χ0n) is 21.3. The normalized spacial score (nSPS) is 44.6. The van der Waals surface area contributed by atoms with Crippen LogP contribution >= 0.6 is 0 Å². The Morgan fingerprint density at radius 1 is 1.06 bits per heavy atom. The van der Waals surface area contributed by atoms with Crippen molar-refractivity contribution in [3.63, 3.8) is 0 Å². The van der Waals surface area contributed by atoms with Crippen molar-refractivity contribution in [2.45, 2.75) is 91.0 Å². The molecular formula is C26H36O9. The van der Waals surface area contributed by atoms with Gasteiger partial charge in [-0.15, -0.1) is 0 Å². The minimum absolute atomic E-state index is 0.0849. The lowest BCUT2D eigenvalue weighted by molar-refractivity contribution is -0.283. The first-order valence-electron chi connectivity index (χ1n) is 12.1. The Kier molecular flexibility index (Phi) is 6.22. The van der Waals surface area contributed by atoms with Gasteiger partial charge in [-0.05, 0) is 36.5 Å². The van der Waals surface area contributed by atoms with Gasteiger partial charge >= 0.3 is 17.9 Å². The molecule has 0 amide bonds. The maximum absolute atomic E-state index is 12.4. The highest BCUT2D eigenvalue weighted by Gasteiger charge is 2.68. The van der Waals surface area contributed by atoms with Crippen LogP contribution in [0, 0.1) is 22.7 Å². The number of hydrogen-bond donors (Lipinski definition) is 2. The van der Waals surface area contributed by atoms with E-state index in [4.69, 9.17) is 18.9 Å². The molecule has 2 aliphatic heterocycles. The highest BCUT2D eigenvalue weighted by atomic mass is 16.6. The molecule has 0 spiro atoms. The first-order valence-corrected chi connectivity index (χ1v) is 12.1. The van der Waals surface area contributed by atoms with Crippen molar-refractivity contribution in [2.75, 3.05) is 6.61 Å². The fourth-order valence-electron chi connectivity index (χ4n) is 7.22. The van der Waals surface area contributed by atoms with Gasteiger partial charge in [-0.3, -0.25) is 14.4 Å². The van der Waals surface area contributed by atoms with Gasteiger partial charge in [0.25, 0.3) is 0 Å². The lowest BCUT2D eigenvalue weighted by Gasteiger charge is -2.64. The van der Waals surface area contributed by atoms with E-state index in [0.29, 0.717) is 29.6 Å². The predicted molar refractivity (Wildman–Crippen MR) is 122 cm³/mol. The summed E-state index contributed by atoms with van der Waals surface area (Å²) in [5.74, 6) is -4.38. The highest BCUT2D eigenvalue weighted by molar-refractivity contribution is 5.68. The van der Waals surface area contributed by atoms with E-state index >= 15 is 0 Å². The Labute approximate surface area is 205 Å². The Morgan fingerprint density at radius 2 is 1.66 bits per heavy atom. The van der Waals surface area contributed by atoms with Crippen LogP contribution in [-0.4, -0.2) is 64.9 Å². The average Bonchev–Trinajstić information content (AvgIpc) is 2.73. The molecule has 9 atom stereocenters. The lowest BCUT2D eigenvalue weighted by Crippen LogP contribution is -2.69. The van der Waals surface area contributed by atoms with E-state index in [0.717, 1.165) is 0 Å². The predicted octanol–water partition coefficient (Wildman–Crippen LogP) is 2.19. The summed E-state index contributed by atoms with van der Waals surface area (Å²) in [4.78, 5) is 37.2. The molecule has 2 heterocycles. The van der Waals surface area contributed by atoms with Crippen molar-refractivity contribution in [1.82, 2.24) is 0 Å². The zero-order valence-corrected chi connectivity index (χ0v) is 21.3. The number of rotatable bonds is 3. The molecule has 0 radical (unpaired) electrons. The van der Waals surface area contributed by atoms with E-state index in [9.17, 15) is 24.6 Å². The largest absolute Gasteiger partial charge is 0.462 e. The van der Waals surface area contributed by atoms with Gasteiger partial charge < -0.3 is 29.2 Å². The first kappa shape index (κ1) is 25.9. The summed E-state index contributed by atoms with van der Waals surface area (Å²) in [6, 6.07) is 0. The van der Waals surface area contributed by atoms with Gasteiger partial charge in [-0.1, -0.05) is 20.4 Å². The monoisotopic (exact) mass is 492 g/mol. The molecule has 1 saturated heterocycles. The van der Waals surface area contributed by atoms with Gasteiger partial charge in [-0.25, -0.2) is 0 Å². The number of hydrogen-bond acceptors (Lipinski definition) is 9. The van der Waals surface area contributed by atoms with Crippen molar-refractivity contribution >= 4 is 17.9 Å². The van der Waals surface area contributed by atoms with Crippen LogP contribution in [0.15, 0.2) is 23.3 Å². The average molecular weight is 493 g/mol. The molecule has 5 aliphatic rings. The standard InChI is InChI=1S/C26H36O9/c1-12-18(30)8-9-24(6)19(12)21(33-14(3)27)17-10-26(31)13(2)20(25(17,7)11-32-26)22(34-15(4)28)23(24)35-16(5)29/h17-19,21-23,30-31H,1,8-11H2,2-7H3/t17-,18-,19-,21+,22+,23-,24+,25+,26+/m0/s1. The van der Waals surface area contributed by atoms with Crippen molar-refractivity contribution in [2.24, 2.45) is 22.7 Å². The van der Waals surface area contributed by atoms with E-state index < -0.39 is 70.8 Å². The van der Waals surface area contributed by atoms with Gasteiger partial charge in [0.15, 0.2) is 11.9 Å². The maximum Gasteiger partial charge on any atom is 0.303 e. The fourth-order valence-corrected chi connectivity index (χ4v) is 7.22. The van der Waals surface area contributed by atoms with Gasteiger partial charge in [-0.2, -0.15) is 0 Å². The molecule has 2 N–H and O–H groups in total. The van der Waals surface area contributed by atoms with E-state index in [1.165, 1.54) is 20.8 Å². The summed E-state index contributed by atoms with van der Waals surface area (Å²) in [6.07, 6.45) is -2.72. The number of carbonyl (C=O) groups excluding carboxylic acids is 3. The lowest BCUT2D eigenvalue weighted by atomic mass is 9.48. The number of fused-ring (bicyclic) bond motifs is 2. The Balaban J connectivity index is 2.06. The van der Waals surface area contributed by atoms with Gasteiger partial charge in [0.05, 0.1) is 12.7 Å². The quantitative estimate of drug-likeness (QED) is 0.346. The smallest absolute Gasteiger partial charge is 0.303 e. The fraction of sp³-hybridized carbons (Fsp3) is 0.731. The molecule has 5 rings (SSSR count). The minimum Gasteiger partial charge on any atom is -0.462 e. The molecule has 0 unspecified atom stereocenters. The van der Waals surface area contributed by atoms with Crippen molar-refractivity contribution in [3.8, 4) is 0 Å². The van der Waals surface area contributed by atoms with Crippen molar-refractivity contribution in [3.05, 3.63) is 23.3 Å². The van der Waals surface area contributed by atoms with Crippen LogP contribution in [0.2, 0.25) is 0 Å². The third-order valence-electron chi connectivity index (χ3n) is 8.85. The highest BCUT2D eigenvalue weighted by Crippen LogP contribution is 2.64. The van der Waals surface area contributed by atoms with Crippen molar-refractivity contribution in [1.29, 1.82) is 0 Å². The third-order valence-corrected chi connectivity index (χ3v) is 8.85. The van der Waals surface area contributed by atoms with Gasteiger partial charge in [0, 0.05) is 49.9 Å². The Morgan fingerprint density at radius 3 is 2.23 bits per heavy atom. The molecule has 4 bridgehead atoms. The molecule has 0 aromatic rings. The molecule has 35 heavy (non-hydrogen) atoms. The van der Waals surface area contributed by atoms with Crippen LogP contribution in [0.25, 0.3) is 0 Å². The SMILES string of the molecule is C=C1[C@@H](O)CC[C@@]2(C)[C@@H](OC(C)=O)[C@H](OC(C)=O)C3=C(C)[C@@]4(O)C[C@@H]([C@@H](OC(C)=O)[C@H]12)[C@@]3(C)CO4. The topological polar surface area (TPSA) is 129 Å². The second kappa shape index (κ2) is 8.42. The van der Waals surface area contributed by atoms with E-state index in [2.05, 4.69) is 6.58 Å². The third kappa shape index (κ3) is 3.83. The second-order valence-corrected chi connectivity index (χ2v) is 11.1. The summed E-state index contributed by atoms with van der Waals surface area (Å²) in [5.41, 5.74) is -0.132. The summed E-state index contributed by atoms with van der Waals surface area (Å²) in [7, 11) is 0. The summed E-state index contributed by atoms with van der Waals surface area (Å²) < 4.78 is 23.7. The second-order valence-electron chi connectivity index (χ2n) is 11.1. The molecular weight excluding hydrogens is 456 g/mol. The molecule has 0 aromatic carbocycles. The number of carbonyl (C=O) groups is 3. The number of esters is 3. The molecule has 9 heteroatoms. The Hall–Kier alpha value is -2.23. The molecule has 3 fully saturated rings. The number of aliphatic hydroxyl groups excluding tert-OH is 1. The molecule has 2 saturated carbocycles. The van der Waals surface area contributed by atoms with E-state index in [1.807, 2.05) is 13.8 Å². The minimum atomic E-state index is -1.67. The maximum atomic E-state index is 12.4. The van der Waals surface area contributed by atoms with Crippen LogP contribution < -0.4 is 0 Å². The van der Waals surface area contributed by atoms with Gasteiger partial charge in [0.2, 0.25) is 0 Å². The van der Waals surface area contributed by atoms with Crippen molar-refractivity contribution < 1.29 is 43.5 Å². The van der Waals surface area contributed by atoms with Gasteiger partial charge in [0.1, 0.15) is 12.2 Å². The molecule has 0 aromatic heterocycles. The number of aliphatic hydroxyl groups is 2.